The lowest BCUT2D eigenvalue weighted by Crippen LogP contribution is -2.21. The quantitative estimate of drug-likeness (QED) is 0.763. The Balaban J connectivity index is 2.14. The number of Topliss-reactive ketones (excluding diaryl/α,β-unsaturated/α-hetero) is 1. The Hall–Kier alpha value is -1.33. The van der Waals surface area contributed by atoms with Crippen LogP contribution in [0.4, 0.5) is 0 Å². The SMILES string of the molecule is N#CC(C(=O)C1CCCCCC1)c1ccc(Cl)cc1. The number of hydrogen-bond acceptors (Lipinski definition) is 2. The number of nitriles is 1. The number of rotatable bonds is 3. The Bertz CT molecular complexity index is 467. The van der Waals surface area contributed by atoms with Gasteiger partial charge in [-0.3, -0.25) is 4.79 Å². The molecule has 0 radical (unpaired) electrons. The van der Waals surface area contributed by atoms with Gasteiger partial charge in [0.25, 0.3) is 0 Å². The second kappa shape index (κ2) is 6.73. The summed E-state index contributed by atoms with van der Waals surface area (Å²) in [7, 11) is 0. The number of nitrogens with zero attached hydrogens (tertiary/aromatic N) is 1. The summed E-state index contributed by atoms with van der Waals surface area (Å²) in [6, 6.07) is 9.20. The summed E-state index contributed by atoms with van der Waals surface area (Å²) in [6.45, 7) is 0. The number of ketones is 1. The van der Waals surface area contributed by atoms with Gasteiger partial charge in [-0.1, -0.05) is 49.4 Å². The Labute approximate surface area is 119 Å². The third-order valence-corrected chi connectivity index (χ3v) is 4.13. The summed E-state index contributed by atoms with van der Waals surface area (Å²) in [4.78, 5) is 12.5. The molecule has 2 nitrogen and oxygen atoms in total. The maximum Gasteiger partial charge on any atom is 0.157 e. The minimum Gasteiger partial charge on any atom is -0.298 e. The summed E-state index contributed by atoms with van der Waals surface area (Å²) >= 11 is 5.84. The van der Waals surface area contributed by atoms with Crippen LogP contribution < -0.4 is 0 Å². The molecule has 0 bridgehead atoms. The van der Waals surface area contributed by atoms with Crippen molar-refractivity contribution >= 4 is 17.4 Å². The Morgan fingerprint density at radius 3 is 2.26 bits per heavy atom. The minimum atomic E-state index is -0.639. The second-order valence-corrected chi connectivity index (χ2v) is 5.64. The molecule has 0 aliphatic heterocycles. The lowest BCUT2D eigenvalue weighted by Gasteiger charge is -2.16. The van der Waals surface area contributed by atoms with Crippen LogP contribution in [0.3, 0.4) is 0 Å². The first-order valence-electron chi connectivity index (χ1n) is 6.91. The van der Waals surface area contributed by atoms with E-state index < -0.39 is 5.92 Å². The predicted molar refractivity (Wildman–Crippen MR) is 76.0 cm³/mol. The van der Waals surface area contributed by atoms with Crippen LogP contribution in [-0.2, 0) is 4.79 Å². The van der Waals surface area contributed by atoms with Crippen molar-refractivity contribution < 1.29 is 4.79 Å². The summed E-state index contributed by atoms with van der Waals surface area (Å²) in [5, 5.41) is 9.94. The molecule has 0 aromatic heterocycles. The molecule has 1 aromatic rings. The lowest BCUT2D eigenvalue weighted by molar-refractivity contribution is -0.123. The van der Waals surface area contributed by atoms with E-state index in [1.165, 1.54) is 12.8 Å². The van der Waals surface area contributed by atoms with Crippen LogP contribution in [0, 0.1) is 17.2 Å². The van der Waals surface area contributed by atoms with Gasteiger partial charge in [0.15, 0.2) is 5.78 Å². The van der Waals surface area contributed by atoms with Crippen LogP contribution in [0.1, 0.15) is 50.0 Å². The average molecular weight is 276 g/mol. The monoisotopic (exact) mass is 275 g/mol. The van der Waals surface area contributed by atoms with Crippen LogP contribution in [0.15, 0.2) is 24.3 Å². The maximum absolute atomic E-state index is 12.5. The number of benzene rings is 1. The van der Waals surface area contributed by atoms with Crippen molar-refractivity contribution in [2.75, 3.05) is 0 Å². The summed E-state index contributed by atoms with van der Waals surface area (Å²) in [6.07, 6.45) is 6.50. The average Bonchev–Trinajstić information content (AvgIpc) is 2.70. The molecule has 100 valence electrons. The van der Waals surface area contributed by atoms with Crippen molar-refractivity contribution in [1.29, 1.82) is 5.26 Å². The zero-order chi connectivity index (χ0) is 13.7. The molecule has 19 heavy (non-hydrogen) atoms. The summed E-state index contributed by atoms with van der Waals surface area (Å²) < 4.78 is 0. The fraction of sp³-hybridized carbons (Fsp3) is 0.500. The highest BCUT2D eigenvalue weighted by Crippen LogP contribution is 2.29. The van der Waals surface area contributed by atoms with Crippen molar-refractivity contribution in [3.8, 4) is 6.07 Å². The Morgan fingerprint density at radius 1 is 1.16 bits per heavy atom. The fourth-order valence-electron chi connectivity index (χ4n) is 2.76. The van der Waals surface area contributed by atoms with Gasteiger partial charge in [-0.25, -0.2) is 0 Å². The van der Waals surface area contributed by atoms with Crippen LogP contribution in [-0.4, -0.2) is 5.78 Å². The lowest BCUT2D eigenvalue weighted by atomic mass is 9.84. The maximum atomic E-state index is 12.5. The number of hydrogen-bond donors (Lipinski definition) is 0. The van der Waals surface area contributed by atoms with Gasteiger partial charge in [0.2, 0.25) is 0 Å². The van der Waals surface area contributed by atoms with E-state index in [-0.39, 0.29) is 11.7 Å². The topological polar surface area (TPSA) is 40.9 Å². The van der Waals surface area contributed by atoms with E-state index in [1.807, 2.05) is 0 Å². The van der Waals surface area contributed by atoms with Crippen molar-refractivity contribution in [2.45, 2.75) is 44.4 Å². The number of halogens is 1. The van der Waals surface area contributed by atoms with E-state index in [9.17, 15) is 10.1 Å². The molecule has 3 heteroatoms. The van der Waals surface area contributed by atoms with E-state index in [1.54, 1.807) is 24.3 Å². The first-order valence-corrected chi connectivity index (χ1v) is 7.29. The number of carbonyl (C=O) groups is 1. The van der Waals surface area contributed by atoms with Crippen LogP contribution in [0.5, 0.6) is 0 Å². The van der Waals surface area contributed by atoms with E-state index >= 15 is 0 Å². The molecule has 0 N–H and O–H groups in total. The molecule has 0 amide bonds. The standard InChI is InChI=1S/C16H18ClNO/c17-14-9-7-12(8-10-14)15(11-18)16(19)13-5-3-1-2-4-6-13/h7-10,13,15H,1-6H2. The molecule has 0 saturated heterocycles. The van der Waals surface area contributed by atoms with E-state index in [4.69, 9.17) is 11.6 Å². The van der Waals surface area contributed by atoms with Crippen LogP contribution in [0.25, 0.3) is 0 Å². The highest BCUT2D eigenvalue weighted by atomic mass is 35.5. The molecule has 1 fully saturated rings. The zero-order valence-corrected chi connectivity index (χ0v) is 11.7. The highest BCUT2D eigenvalue weighted by Gasteiger charge is 2.28. The predicted octanol–water partition coefficient (Wildman–Crippen LogP) is 4.49. The molecule has 1 saturated carbocycles. The molecule has 1 aliphatic rings. The Kier molecular flexibility index (Phi) is 4.99. The number of carbonyl (C=O) groups excluding carboxylic acids is 1. The molecule has 1 atom stereocenters. The van der Waals surface area contributed by atoms with E-state index in [0.717, 1.165) is 31.2 Å². The van der Waals surface area contributed by atoms with Crippen molar-refractivity contribution in [3.63, 3.8) is 0 Å². The molecular weight excluding hydrogens is 258 g/mol. The highest BCUT2D eigenvalue weighted by molar-refractivity contribution is 6.30. The Morgan fingerprint density at radius 2 is 1.74 bits per heavy atom. The summed E-state index contributed by atoms with van der Waals surface area (Å²) in [5.74, 6) is -0.491. The third kappa shape index (κ3) is 3.58. The van der Waals surface area contributed by atoms with Gasteiger partial charge >= 0.3 is 0 Å². The molecule has 1 aromatic carbocycles. The first-order chi connectivity index (χ1) is 9.22. The van der Waals surface area contributed by atoms with E-state index in [0.29, 0.717) is 5.02 Å². The fourth-order valence-corrected chi connectivity index (χ4v) is 2.88. The van der Waals surface area contributed by atoms with Gasteiger partial charge in [0.1, 0.15) is 5.92 Å². The van der Waals surface area contributed by atoms with Crippen molar-refractivity contribution in [2.24, 2.45) is 5.92 Å². The van der Waals surface area contributed by atoms with Gasteiger partial charge in [-0.2, -0.15) is 5.26 Å². The molecule has 2 rings (SSSR count). The van der Waals surface area contributed by atoms with E-state index in [2.05, 4.69) is 6.07 Å². The van der Waals surface area contributed by atoms with Gasteiger partial charge in [-0.15, -0.1) is 0 Å². The van der Waals surface area contributed by atoms with Crippen molar-refractivity contribution in [1.82, 2.24) is 0 Å². The normalized spacial score (nSPS) is 18.3. The van der Waals surface area contributed by atoms with Crippen LogP contribution in [0.2, 0.25) is 5.02 Å². The first kappa shape index (κ1) is 14.1. The van der Waals surface area contributed by atoms with Gasteiger partial charge in [0, 0.05) is 10.9 Å². The minimum absolute atomic E-state index is 0.0582. The van der Waals surface area contributed by atoms with Crippen LogP contribution >= 0.6 is 11.6 Å². The molecular formula is C16H18ClNO. The van der Waals surface area contributed by atoms with Gasteiger partial charge in [-0.05, 0) is 30.5 Å². The van der Waals surface area contributed by atoms with Gasteiger partial charge < -0.3 is 0 Å². The zero-order valence-electron chi connectivity index (χ0n) is 10.9. The summed E-state index contributed by atoms with van der Waals surface area (Å²) in [5.41, 5.74) is 0.765. The second-order valence-electron chi connectivity index (χ2n) is 5.20. The molecule has 1 unspecified atom stereocenters. The molecule has 0 heterocycles. The third-order valence-electron chi connectivity index (χ3n) is 3.87. The van der Waals surface area contributed by atoms with Crippen molar-refractivity contribution in [3.05, 3.63) is 34.9 Å². The molecule has 1 aliphatic carbocycles. The smallest absolute Gasteiger partial charge is 0.157 e. The molecule has 0 spiro atoms. The largest absolute Gasteiger partial charge is 0.298 e. The van der Waals surface area contributed by atoms with Gasteiger partial charge in [0.05, 0.1) is 6.07 Å².